The Balaban J connectivity index is 1.36. The summed E-state index contributed by atoms with van der Waals surface area (Å²) in [4.78, 5) is 65.3. The lowest BCUT2D eigenvalue weighted by molar-refractivity contribution is -0.179. The Labute approximate surface area is 281 Å². The van der Waals surface area contributed by atoms with Crippen molar-refractivity contribution in [2.75, 3.05) is 46.0 Å². The highest BCUT2D eigenvalue weighted by molar-refractivity contribution is 5.96. The molecule has 48 heavy (non-hydrogen) atoms. The number of aromatic nitrogens is 2. The van der Waals surface area contributed by atoms with E-state index >= 15 is 0 Å². The number of hydrogen-bond donors (Lipinski definition) is 1. The predicted octanol–water partition coefficient (Wildman–Crippen LogP) is 4.07. The van der Waals surface area contributed by atoms with E-state index in [1.165, 1.54) is 0 Å². The third kappa shape index (κ3) is 9.07. The molecule has 5 rings (SSSR count). The Hall–Kier alpha value is -4.10. The summed E-state index contributed by atoms with van der Waals surface area (Å²) in [7, 11) is 0. The van der Waals surface area contributed by atoms with Crippen LogP contribution in [0.15, 0.2) is 36.4 Å². The van der Waals surface area contributed by atoms with Crippen molar-refractivity contribution in [3.05, 3.63) is 47.8 Å². The molecule has 13 nitrogen and oxygen atoms in total. The fraction of sp³-hybridized carbons (Fsp3) is 0.600. The van der Waals surface area contributed by atoms with E-state index in [4.69, 9.17) is 23.9 Å². The van der Waals surface area contributed by atoms with Gasteiger partial charge in [-0.3, -0.25) is 14.4 Å². The van der Waals surface area contributed by atoms with E-state index < -0.39 is 35.4 Å². The summed E-state index contributed by atoms with van der Waals surface area (Å²) in [6.07, 6.45) is 2.55. The molecule has 1 aromatic heterocycles. The van der Waals surface area contributed by atoms with Gasteiger partial charge in [-0.15, -0.1) is 0 Å². The minimum atomic E-state index is -1.02. The summed E-state index contributed by atoms with van der Waals surface area (Å²) in [6, 6.07) is 10.1. The predicted molar refractivity (Wildman–Crippen MR) is 175 cm³/mol. The smallest absolute Gasteiger partial charge is 0.409 e. The van der Waals surface area contributed by atoms with Gasteiger partial charge in [0.25, 0.3) is 5.91 Å². The number of rotatable bonds is 9. The van der Waals surface area contributed by atoms with Crippen LogP contribution in [0.4, 0.5) is 4.79 Å². The van der Waals surface area contributed by atoms with Crippen molar-refractivity contribution in [3.63, 3.8) is 0 Å². The highest BCUT2D eigenvalue weighted by Crippen LogP contribution is 2.42. The number of hydrogen-bond acceptors (Lipinski definition) is 10. The summed E-state index contributed by atoms with van der Waals surface area (Å²) in [5.41, 5.74) is 0.951. The second-order valence-corrected chi connectivity index (χ2v) is 13.4. The molecule has 260 valence electrons. The Morgan fingerprint density at radius 2 is 1.62 bits per heavy atom. The van der Waals surface area contributed by atoms with Crippen LogP contribution in [-0.4, -0.2) is 107 Å². The molecule has 13 heteroatoms. The number of benzene rings is 1. The number of amides is 3. The maximum Gasteiger partial charge on any atom is 0.409 e. The molecule has 0 bridgehead atoms. The van der Waals surface area contributed by atoms with Crippen LogP contribution < -0.4 is 5.32 Å². The fourth-order valence-corrected chi connectivity index (χ4v) is 6.34. The molecule has 1 aromatic carbocycles. The largest absolute Gasteiger partial charge is 0.460 e. The average Bonchev–Trinajstić information content (AvgIpc) is 3.53. The van der Waals surface area contributed by atoms with Crippen LogP contribution in [0.25, 0.3) is 11.4 Å². The summed E-state index contributed by atoms with van der Waals surface area (Å²) in [6.45, 7) is 9.63. The number of ether oxygens (including phenoxy) is 4. The van der Waals surface area contributed by atoms with Gasteiger partial charge in [-0.2, -0.15) is 0 Å². The van der Waals surface area contributed by atoms with Crippen LogP contribution in [-0.2, 0) is 28.5 Å². The van der Waals surface area contributed by atoms with Gasteiger partial charge in [-0.1, -0.05) is 30.3 Å². The first kappa shape index (κ1) is 35.2. The number of nitrogens with one attached hydrogen (secondary N) is 1. The second-order valence-electron chi connectivity index (χ2n) is 13.4. The minimum absolute atomic E-state index is 0.0335. The van der Waals surface area contributed by atoms with Gasteiger partial charge in [0.1, 0.15) is 17.3 Å². The first-order chi connectivity index (χ1) is 22.9. The second kappa shape index (κ2) is 15.4. The molecule has 3 heterocycles. The molecule has 1 atom stereocenters. The maximum atomic E-state index is 14.0. The SMILES string of the molecule is CCOC(=O)N1CCN(C(=O)[C@H](CCC(=O)OC(C)(C)C)NC(=O)c2cc(C3CCC4(CC3)OCCO4)nc(-c3ccccc3)n2)CC1. The van der Waals surface area contributed by atoms with E-state index in [9.17, 15) is 19.2 Å². The van der Waals surface area contributed by atoms with E-state index in [-0.39, 0.29) is 50.1 Å². The number of piperazine rings is 1. The third-order valence-corrected chi connectivity index (χ3v) is 8.77. The van der Waals surface area contributed by atoms with Crippen LogP contribution in [0.3, 0.4) is 0 Å². The zero-order chi connectivity index (χ0) is 34.3. The molecule has 1 spiro atoms. The molecule has 3 aliphatic rings. The Kier molecular flexibility index (Phi) is 11.3. The van der Waals surface area contributed by atoms with Crippen LogP contribution in [0.2, 0.25) is 0 Å². The van der Waals surface area contributed by atoms with Gasteiger partial charge in [-0.05, 0) is 53.0 Å². The van der Waals surface area contributed by atoms with Crippen molar-refractivity contribution < 1.29 is 38.1 Å². The first-order valence-corrected chi connectivity index (χ1v) is 16.9. The molecular weight excluding hydrogens is 618 g/mol. The van der Waals surface area contributed by atoms with E-state index in [0.717, 1.165) is 36.9 Å². The quantitative estimate of drug-likeness (QED) is 0.389. The Morgan fingerprint density at radius 1 is 0.979 bits per heavy atom. The van der Waals surface area contributed by atoms with Gasteiger partial charge < -0.3 is 34.1 Å². The monoisotopic (exact) mass is 665 g/mol. The highest BCUT2D eigenvalue weighted by atomic mass is 16.7. The lowest BCUT2D eigenvalue weighted by atomic mass is 9.83. The first-order valence-electron chi connectivity index (χ1n) is 16.9. The summed E-state index contributed by atoms with van der Waals surface area (Å²) in [5, 5.41) is 2.88. The molecular formula is C35H47N5O8. The molecule has 3 fully saturated rings. The van der Waals surface area contributed by atoms with Gasteiger partial charge in [0.05, 0.1) is 19.8 Å². The van der Waals surface area contributed by atoms with Gasteiger partial charge in [0, 0.05) is 62.6 Å². The van der Waals surface area contributed by atoms with Crippen molar-refractivity contribution >= 4 is 23.9 Å². The molecule has 2 aliphatic heterocycles. The number of carbonyl (C=O) groups excluding carboxylic acids is 4. The number of nitrogens with zero attached hydrogens (tertiary/aromatic N) is 4. The molecule has 1 saturated carbocycles. The summed E-state index contributed by atoms with van der Waals surface area (Å²) < 4.78 is 22.4. The summed E-state index contributed by atoms with van der Waals surface area (Å²) in [5.74, 6) is -1.41. The molecule has 1 aliphatic carbocycles. The molecule has 2 saturated heterocycles. The lowest BCUT2D eigenvalue weighted by Crippen LogP contribution is -2.56. The van der Waals surface area contributed by atoms with Crippen molar-refractivity contribution in [2.24, 2.45) is 0 Å². The lowest BCUT2D eigenvalue weighted by Gasteiger charge is -2.36. The van der Waals surface area contributed by atoms with E-state index in [2.05, 4.69) is 10.3 Å². The van der Waals surface area contributed by atoms with Gasteiger partial charge >= 0.3 is 12.1 Å². The molecule has 0 radical (unpaired) electrons. The number of carbonyl (C=O) groups is 4. The van der Waals surface area contributed by atoms with Crippen molar-refractivity contribution in [3.8, 4) is 11.4 Å². The van der Waals surface area contributed by atoms with Crippen LogP contribution in [0.5, 0.6) is 0 Å². The van der Waals surface area contributed by atoms with Crippen molar-refractivity contribution in [2.45, 2.75) is 89.6 Å². The zero-order valence-electron chi connectivity index (χ0n) is 28.4. The third-order valence-electron chi connectivity index (χ3n) is 8.77. The molecule has 3 amide bonds. The van der Waals surface area contributed by atoms with E-state index in [0.29, 0.717) is 32.1 Å². The Morgan fingerprint density at radius 3 is 2.25 bits per heavy atom. The van der Waals surface area contributed by atoms with Crippen molar-refractivity contribution in [1.82, 2.24) is 25.1 Å². The Bertz CT molecular complexity index is 1440. The van der Waals surface area contributed by atoms with Crippen LogP contribution >= 0.6 is 0 Å². The molecule has 1 N–H and O–H groups in total. The standard InChI is InChI=1S/C35H47N5O8/c1-5-45-33(44)40-19-17-39(18-20-40)32(43)26(11-12-29(41)48-34(2,3)4)38-31(42)28-23-27(36-30(37-28)25-9-7-6-8-10-25)24-13-15-35(16-14-24)46-21-22-47-35/h6-10,23-24,26H,5,11-22H2,1-4H3,(H,38,42)/t26-/m0/s1. The molecule has 2 aromatic rings. The van der Waals surface area contributed by atoms with Crippen molar-refractivity contribution in [1.29, 1.82) is 0 Å². The zero-order valence-corrected chi connectivity index (χ0v) is 28.4. The molecule has 0 unspecified atom stereocenters. The topological polar surface area (TPSA) is 149 Å². The van der Waals surface area contributed by atoms with E-state index in [1.54, 1.807) is 43.6 Å². The maximum absolute atomic E-state index is 14.0. The van der Waals surface area contributed by atoms with Gasteiger partial charge in [0.15, 0.2) is 11.6 Å². The van der Waals surface area contributed by atoms with Crippen LogP contribution in [0.1, 0.15) is 88.3 Å². The van der Waals surface area contributed by atoms with Gasteiger partial charge in [0.2, 0.25) is 5.91 Å². The van der Waals surface area contributed by atoms with Gasteiger partial charge in [-0.25, -0.2) is 14.8 Å². The normalized spacial score (nSPS) is 18.8. The number of esters is 1. The van der Waals surface area contributed by atoms with Crippen LogP contribution in [0, 0.1) is 0 Å². The highest BCUT2D eigenvalue weighted by Gasteiger charge is 2.41. The minimum Gasteiger partial charge on any atom is -0.460 e. The average molecular weight is 666 g/mol. The van der Waals surface area contributed by atoms with E-state index in [1.807, 2.05) is 30.3 Å². The fourth-order valence-electron chi connectivity index (χ4n) is 6.34. The summed E-state index contributed by atoms with van der Waals surface area (Å²) >= 11 is 0.